The van der Waals surface area contributed by atoms with Crippen molar-refractivity contribution in [3.05, 3.63) is 53.1 Å². The number of hydrogen-bond acceptors (Lipinski definition) is 2. The Morgan fingerprint density at radius 1 is 1.22 bits per heavy atom. The number of carbonyl (C=O) groups excluding carboxylic acids is 1. The molecule has 1 amide bonds. The van der Waals surface area contributed by atoms with Crippen LogP contribution >= 0.6 is 0 Å². The minimum absolute atomic E-state index is 0.0640. The summed E-state index contributed by atoms with van der Waals surface area (Å²) in [5, 5.41) is 0. The fourth-order valence-corrected chi connectivity index (χ4v) is 2.90. The Kier molecular flexibility index (Phi) is 4.39. The van der Waals surface area contributed by atoms with Gasteiger partial charge in [-0.2, -0.15) is 0 Å². The van der Waals surface area contributed by atoms with Gasteiger partial charge in [-0.15, -0.1) is 0 Å². The van der Waals surface area contributed by atoms with Crippen LogP contribution in [-0.4, -0.2) is 37.3 Å². The molecule has 0 spiro atoms. The molecule has 0 aromatic heterocycles. The van der Waals surface area contributed by atoms with Crippen LogP contribution in [0.2, 0.25) is 0 Å². The first-order valence-corrected chi connectivity index (χ1v) is 7.93. The van der Waals surface area contributed by atoms with Crippen molar-refractivity contribution in [1.82, 2.24) is 4.90 Å². The molecule has 0 atom stereocenters. The normalized spacial score (nSPS) is 21.8. The van der Waals surface area contributed by atoms with Crippen molar-refractivity contribution < 1.29 is 14.1 Å². The zero-order valence-corrected chi connectivity index (χ0v) is 13.5. The zero-order valence-electron chi connectivity index (χ0n) is 13.5. The molecule has 120 valence electrons. The lowest BCUT2D eigenvalue weighted by atomic mass is 10.1. The van der Waals surface area contributed by atoms with Gasteiger partial charge in [0.05, 0.1) is 14.1 Å². The number of nitrogens with one attached hydrogen (secondary N) is 1. The average Bonchev–Trinajstić information content (AvgIpc) is 2.68. The van der Waals surface area contributed by atoms with Crippen molar-refractivity contribution in [3.8, 4) is 0 Å². The standard InChI is InChI=1S/C18H20FN3O/c1-21(2)12-14-5-3-4-10-22-17(14)20-16(18(22)23)11-13-6-8-15(19)9-7-13/h6-9,11-12H,3-5,10H2,1-2H3/p+1/b14-12?,16-11+. The maximum atomic E-state index is 13.0. The molecule has 0 unspecified atom stereocenters. The minimum atomic E-state index is -0.288. The number of quaternary nitrogens is 1. The Labute approximate surface area is 135 Å². The maximum absolute atomic E-state index is 13.0. The summed E-state index contributed by atoms with van der Waals surface area (Å²) in [4.78, 5) is 20.2. The number of amidine groups is 1. The van der Waals surface area contributed by atoms with E-state index in [9.17, 15) is 9.18 Å². The van der Waals surface area contributed by atoms with E-state index < -0.39 is 0 Å². The molecular weight excluding hydrogens is 293 g/mol. The molecule has 4 nitrogen and oxygen atoms in total. The Morgan fingerprint density at radius 2 is 1.96 bits per heavy atom. The molecule has 2 aliphatic heterocycles. The predicted octanol–water partition coefficient (Wildman–Crippen LogP) is 1.62. The van der Waals surface area contributed by atoms with Crippen molar-refractivity contribution in [2.45, 2.75) is 19.3 Å². The molecule has 0 radical (unpaired) electrons. The van der Waals surface area contributed by atoms with Crippen LogP contribution in [0.5, 0.6) is 0 Å². The van der Waals surface area contributed by atoms with E-state index in [1.54, 1.807) is 23.1 Å². The first-order valence-electron chi connectivity index (χ1n) is 7.93. The Morgan fingerprint density at radius 3 is 2.65 bits per heavy atom. The third kappa shape index (κ3) is 3.40. The van der Waals surface area contributed by atoms with E-state index in [2.05, 4.69) is 25.3 Å². The average molecular weight is 314 g/mol. The van der Waals surface area contributed by atoms with Crippen molar-refractivity contribution in [2.24, 2.45) is 4.99 Å². The Hall–Kier alpha value is -2.27. The molecule has 0 aliphatic carbocycles. The highest BCUT2D eigenvalue weighted by atomic mass is 19.1. The quantitative estimate of drug-likeness (QED) is 0.828. The van der Waals surface area contributed by atoms with Crippen LogP contribution in [0.3, 0.4) is 0 Å². The SMILES string of the molecule is C[NH+](C)C=C1CCCCN2C(=O)/C(=C\c3ccc(F)cc3)N=C12. The summed E-state index contributed by atoms with van der Waals surface area (Å²) in [5.41, 5.74) is 2.33. The summed E-state index contributed by atoms with van der Waals surface area (Å²) < 4.78 is 13.0. The second kappa shape index (κ2) is 6.46. The van der Waals surface area contributed by atoms with Gasteiger partial charge in [-0.3, -0.25) is 9.69 Å². The molecule has 2 aliphatic rings. The number of halogens is 1. The van der Waals surface area contributed by atoms with Crippen LogP contribution in [0.15, 0.2) is 46.7 Å². The smallest absolute Gasteiger partial charge is 0.278 e. The van der Waals surface area contributed by atoms with E-state index in [4.69, 9.17) is 0 Å². The largest absolute Gasteiger partial charge is 0.313 e. The summed E-state index contributed by atoms with van der Waals surface area (Å²) in [7, 11) is 4.10. The van der Waals surface area contributed by atoms with E-state index in [0.717, 1.165) is 36.2 Å². The summed E-state index contributed by atoms with van der Waals surface area (Å²) in [6.07, 6.45) is 6.83. The van der Waals surface area contributed by atoms with Gasteiger partial charge in [-0.1, -0.05) is 12.1 Å². The number of benzene rings is 1. The lowest BCUT2D eigenvalue weighted by Crippen LogP contribution is -3.00. The van der Waals surface area contributed by atoms with Gasteiger partial charge in [-0.25, -0.2) is 9.38 Å². The second-order valence-electron chi connectivity index (χ2n) is 6.18. The zero-order chi connectivity index (χ0) is 16.4. The minimum Gasteiger partial charge on any atom is -0.313 e. The van der Waals surface area contributed by atoms with E-state index in [1.165, 1.54) is 17.0 Å². The van der Waals surface area contributed by atoms with Crippen molar-refractivity contribution >= 4 is 17.8 Å². The molecule has 5 heteroatoms. The van der Waals surface area contributed by atoms with Gasteiger partial charge in [-0.05, 0) is 43.0 Å². The monoisotopic (exact) mass is 314 g/mol. The molecule has 2 heterocycles. The molecule has 1 aromatic carbocycles. The Bertz CT molecular complexity index is 701. The molecule has 23 heavy (non-hydrogen) atoms. The molecule has 1 fully saturated rings. The number of fused-ring (bicyclic) bond motifs is 1. The highest BCUT2D eigenvalue weighted by Crippen LogP contribution is 2.26. The van der Waals surface area contributed by atoms with Crippen LogP contribution in [0.4, 0.5) is 4.39 Å². The van der Waals surface area contributed by atoms with Gasteiger partial charge in [0.15, 0.2) is 0 Å². The van der Waals surface area contributed by atoms with Crippen LogP contribution in [-0.2, 0) is 4.79 Å². The summed E-state index contributed by atoms with van der Waals surface area (Å²) in [6.45, 7) is 0.707. The first-order chi connectivity index (χ1) is 11.0. The fraction of sp³-hybridized carbons (Fsp3) is 0.333. The highest BCUT2D eigenvalue weighted by molar-refractivity contribution is 6.19. The molecule has 1 aromatic rings. The van der Waals surface area contributed by atoms with Gasteiger partial charge in [0.25, 0.3) is 5.91 Å². The van der Waals surface area contributed by atoms with Crippen molar-refractivity contribution in [2.75, 3.05) is 20.6 Å². The lowest BCUT2D eigenvalue weighted by Gasteiger charge is -2.15. The van der Waals surface area contributed by atoms with Crippen molar-refractivity contribution in [1.29, 1.82) is 0 Å². The maximum Gasteiger partial charge on any atom is 0.278 e. The van der Waals surface area contributed by atoms with Crippen molar-refractivity contribution in [3.63, 3.8) is 0 Å². The molecule has 3 rings (SSSR count). The summed E-state index contributed by atoms with van der Waals surface area (Å²) >= 11 is 0. The predicted molar refractivity (Wildman–Crippen MR) is 88.3 cm³/mol. The summed E-state index contributed by atoms with van der Waals surface area (Å²) in [5.74, 6) is 0.428. The fourth-order valence-electron chi connectivity index (χ4n) is 2.90. The van der Waals surface area contributed by atoms with Gasteiger partial charge in [0.2, 0.25) is 0 Å². The number of nitrogens with zero attached hydrogens (tertiary/aromatic N) is 2. The van der Waals surface area contributed by atoms with Gasteiger partial charge < -0.3 is 4.90 Å². The number of hydrogen-bond donors (Lipinski definition) is 1. The van der Waals surface area contributed by atoms with Gasteiger partial charge in [0.1, 0.15) is 23.5 Å². The molecule has 0 bridgehead atoms. The number of carbonyl (C=O) groups is 1. The van der Waals surface area contributed by atoms with Crippen LogP contribution in [0.25, 0.3) is 6.08 Å². The number of rotatable bonds is 2. The molecule has 1 N–H and O–H groups in total. The third-order valence-corrected chi connectivity index (χ3v) is 3.95. The van der Waals surface area contributed by atoms with Crippen LogP contribution in [0, 0.1) is 5.82 Å². The van der Waals surface area contributed by atoms with E-state index in [-0.39, 0.29) is 11.7 Å². The topological polar surface area (TPSA) is 37.1 Å². The van der Waals surface area contributed by atoms with E-state index in [1.807, 2.05) is 0 Å². The van der Waals surface area contributed by atoms with E-state index in [0.29, 0.717) is 12.2 Å². The number of amides is 1. The van der Waals surface area contributed by atoms with Crippen LogP contribution in [0.1, 0.15) is 24.8 Å². The lowest BCUT2D eigenvalue weighted by molar-refractivity contribution is -0.801. The number of aliphatic imine (C=N–C) groups is 1. The molecule has 1 saturated heterocycles. The first kappa shape index (κ1) is 15.6. The molecule has 0 saturated carbocycles. The third-order valence-electron chi connectivity index (χ3n) is 3.95. The van der Waals surface area contributed by atoms with Gasteiger partial charge >= 0.3 is 0 Å². The van der Waals surface area contributed by atoms with Gasteiger partial charge in [0, 0.05) is 12.1 Å². The second-order valence-corrected chi connectivity index (χ2v) is 6.18. The molecular formula is C18H21FN3O+. The van der Waals surface area contributed by atoms with Crippen LogP contribution < -0.4 is 4.90 Å². The highest BCUT2D eigenvalue weighted by Gasteiger charge is 2.33. The van der Waals surface area contributed by atoms with E-state index >= 15 is 0 Å². The Balaban J connectivity index is 1.98. The summed E-state index contributed by atoms with van der Waals surface area (Å²) in [6, 6.07) is 6.08.